The minimum absolute atomic E-state index is 0.0923. The van der Waals surface area contributed by atoms with Gasteiger partial charge in [-0.3, -0.25) is 4.79 Å². The number of fused-ring (bicyclic) bond motifs is 3. The quantitative estimate of drug-likeness (QED) is 0.505. The van der Waals surface area contributed by atoms with Crippen LogP contribution in [0.25, 0.3) is 27.8 Å². The monoisotopic (exact) mass is 390 g/mol. The highest BCUT2D eigenvalue weighted by molar-refractivity contribution is 6.16. The molecule has 0 aliphatic carbocycles. The lowest BCUT2D eigenvalue weighted by atomic mass is 10.0. The summed E-state index contributed by atoms with van der Waals surface area (Å²) in [5.74, 6) is 0.669. The van der Waals surface area contributed by atoms with Crippen LogP contribution in [0, 0.1) is 0 Å². The first kappa shape index (κ1) is 18.9. The second kappa shape index (κ2) is 7.89. The van der Waals surface area contributed by atoms with Gasteiger partial charge in [0, 0.05) is 32.5 Å². The molecule has 4 aromatic rings. The summed E-state index contributed by atoms with van der Waals surface area (Å²) in [7, 11) is 5.03. The molecule has 3 aromatic heterocycles. The number of amides is 1. The van der Waals surface area contributed by atoms with Gasteiger partial charge in [0.15, 0.2) is 0 Å². The lowest BCUT2D eigenvalue weighted by Gasteiger charge is -2.17. The first-order valence-corrected chi connectivity index (χ1v) is 9.28. The molecular weight excluding hydrogens is 368 g/mol. The highest BCUT2D eigenvalue weighted by atomic mass is 16.5. The molecule has 0 N–H and O–H groups in total. The van der Waals surface area contributed by atoms with Gasteiger partial charge < -0.3 is 18.8 Å². The van der Waals surface area contributed by atoms with Gasteiger partial charge in [0.1, 0.15) is 17.7 Å². The van der Waals surface area contributed by atoms with Gasteiger partial charge >= 0.3 is 0 Å². The predicted octanol–water partition coefficient (Wildman–Crippen LogP) is 3.28. The van der Waals surface area contributed by atoms with E-state index in [1.165, 1.54) is 6.33 Å². The Kier molecular flexibility index (Phi) is 5.14. The van der Waals surface area contributed by atoms with Crippen molar-refractivity contribution < 1.29 is 14.3 Å². The zero-order chi connectivity index (χ0) is 20.4. The summed E-state index contributed by atoms with van der Waals surface area (Å²) in [6.07, 6.45) is 3.44. The summed E-state index contributed by atoms with van der Waals surface area (Å²) in [6, 6.07) is 13.4. The number of hydrogen-bond acceptors (Lipinski definition) is 5. The number of pyridine rings is 1. The highest BCUT2D eigenvalue weighted by Gasteiger charge is 2.25. The van der Waals surface area contributed by atoms with E-state index < -0.39 is 0 Å². The standard InChI is InChI=1S/C22H22N4O3/c1-25(12-13-28-2)22(27)18-17-6-4-5-11-26(17)21-19(18)20(23-14-24-21)15-7-9-16(29-3)10-8-15/h4-11,14H,12-13H2,1-3H3. The van der Waals surface area contributed by atoms with Crippen molar-refractivity contribution in [3.63, 3.8) is 0 Å². The van der Waals surface area contributed by atoms with Crippen LogP contribution in [0.4, 0.5) is 0 Å². The number of nitrogens with zero attached hydrogens (tertiary/aromatic N) is 4. The van der Waals surface area contributed by atoms with Crippen LogP contribution >= 0.6 is 0 Å². The van der Waals surface area contributed by atoms with Crippen molar-refractivity contribution in [1.29, 1.82) is 0 Å². The van der Waals surface area contributed by atoms with E-state index >= 15 is 0 Å². The molecule has 7 nitrogen and oxygen atoms in total. The van der Waals surface area contributed by atoms with Crippen molar-refractivity contribution in [2.75, 3.05) is 34.4 Å². The number of methoxy groups -OCH3 is 2. The van der Waals surface area contributed by atoms with E-state index in [0.29, 0.717) is 30.1 Å². The van der Waals surface area contributed by atoms with Crippen LogP contribution in [-0.4, -0.2) is 59.6 Å². The average Bonchev–Trinajstić information content (AvgIpc) is 3.11. The van der Waals surface area contributed by atoms with Gasteiger partial charge in [0.2, 0.25) is 0 Å². The van der Waals surface area contributed by atoms with Crippen molar-refractivity contribution in [2.45, 2.75) is 0 Å². The van der Waals surface area contributed by atoms with Gasteiger partial charge in [-0.05, 0) is 36.4 Å². The van der Waals surface area contributed by atoms with Crippen molar-refractivity contribution in [2.24, 2.45) is 0 Å². The molecular formula is C22H22N4O3. The molecule has 7 heteroatoms. The maximum Gasteiger partial charge on any atom is 0.256 e. The largest absolute Gasteiger partial charge is 0.497 e. The van der Waals surface area contributed by atoms with Crippen molar-refractivity contribution in [1.82, 2.24) is 19.3 Å². The summed E-state index contributed by atoms with van der Waals surface area (Å²) in [6.45, 7) is 0.959. The third-order valence-corrected chi connectivity index (χ3v) is 4.98. The predicted molar refractivity (Wildman–Crippen MR) is 111 cm³/mol. The van der Waals surface area contributed by atoms with Gasteiger partial charge in [0.05, 0.1) is 35.9 Å². The minimum atomic E-state index is -0.0923. The second-order valence-electron chi connectivity index (χ2n) is 6.70. The molecule has 0 saturated carbocycles. The third kappa shape index (κ3) is 3.30. The Bertz CT molecular complexity index is 1170. The van der Waals surface area contributed by atoms with Gasteiger partial charge in [0.25, 0.3) is 5.91 Å². The Morgan fingerprint density at radius 3 is 2.62 bits per heavy atom. The number of carbonyl (C=O) groups is 1. The summed E-state index contributed by atoms with van der Waals surface area (Å²) in [5, 5.41) is 0.734. The highest BCUT2D eigenvalue weighted by Crippen LogP contribution is 2.34. The minimum Gasteiger partial charge on any atom is -0.497 e. The molecule has 1 amide bonds. The topological polar surface area (TPSA) is 69.0 Å². The summed E-state index contributed by atoms with van der Waals surface area (Å²) < 4.78 is 12.3. The van der Waals surface area contributed by atoms with E-state index in [1.54, 1.807) is 26.2 Å². The number of benzene rings is 1. The van der Waals surface area contributed by atoms with Gasteiger partial charge in [-0.2, -0.15) is 0 Å². The molecule has 29 heavy (non-hydrogen) atoms. The summed E-state index contributed by atoms with van der Waals surface area (Å²) in [4.78, 5) is 24.1. The summed E-state index contributed by atoms with van der Waals surface area (Å²) in [5.41, 5.74) is 3.69. The zero-order valence-corrected chi connectivity index (χ0v) is 16.6. The van der Waals surface area contributed by atoms with Gasteiger partial charge in [-0.15, -0.1) is 0 Å². The fourth-order valence-corrected chi connectivity index (χ4v) is 3.45. The number of ether oxygens (including phenoxy) is 2. The molecule has 1 aromatic carbocycles. The molecule has 0 fully saturated rings. The van der Waals surface area contributed by atoms with Gasteiger partial charge in [-0.25, -0.2) is 9.97 Å². The molecule has 0 aliphatic rings. The summed E-state index contributed by atoms with van der Waals surface area (Å²) >= 11 is 0. The van der Waals surface area contributed by atoms with Crippen LogP contribution in [0.3, 0.4) is 0 Å². The molecule has 0 saturated heterocycles. The molecule has 4 rings (SSSR count). The molecule has 0 bridgehead atoms. The Labute approximate surface area is 168 Å². The molecule has 0 aliphatic heterocycles. The molecule has 3 heterocycles. The normalized spacial score (nSPS) is 11.1. The number of rotatable bonds is 6. The van der Waals surface area contributed by atoms with E-state index in [-0.39, 0.29) is 5.91 Å². The molecule has 0 unspecified atom stereocenters. The third-order valence-electron chi connectivity index (χ3n) is 4.98. The van der Waals surface area contributed by atoms with Crippen molar-refractivity contribution in [3.8, 4) is 17.0 Å². The maximum atomic E-state index is 13.4. The second-order valence-corrected chi connectivity index (χ2v) is 6.70. The van der Waals surface area contributed by atoms with E-state index in [9.17, 15) is 4.79 Å². The fourth-order valence-electron chi connectivity index (χ4n) is 3.45. The molecule has 148 valence electrons. The first-order valence-electron chi connectivity index (χ1n) is 9.28. The number of aromatic nitrogens is 3. The lowest BCUT2D eigenvalue weighted by molar-refractivity contribution is 0.0748. The maximum absolute atomic E-state index is 13.4. The number of likely N-dealkylation sites (N-methyl/N-ethyl adjacent to an activating group) is 1. The van der Waals surface area contributed by atoms with Crippen LogP contribution in [0.1, 0.15) is 10.4 Å². The number of carbonyl (C=O) groups excluding carboxylic acids is 1. The van der Waals surface area contributed by atoms with Crippen LogP contribution < -0.4 is 4.74 Å². The SMILES string of the molecule is COCCN(C)C(=O)c1c2c(-c3ccc(OC)cc3)ncnc2n2ccccc12. The average molecular weight is 390 g/mol. The van der Waals surface area contributed by atoms with E-state index in [0.717, 1.165) is 22.2 Å². The Morgan fingerprint density at radius 1 is 1.10 bits per heavy atom. The number of hydrogen-bond donors (Lipinski definition) is 0. The van der Waals surface area contributed by atoms with Crippen LogP contribution in [0.2, 0.25) is 0 Å². The molecule has 0 radical (unpaired) electrons. The molecule has 0 atom stereocenters. The van der Waals surface area contributed by atoms with E-state index in [1.807, 2.05) is 53.1 Å². The van der Waals surface area contributed by atoms with Crippen molar-refractivity contribution >= 4 is 22.5 Å². The van der Waals surface area contributed by atoms with Gasteiger partial charge in [-0.1, -0.05) is 6.07 Å². The van der Waals surface area contributed by atoms with Crippen LogP contribution in [0.15, 0.2) is 55.0 Å². The van der Waals surface area contributed by atoms with Crippen LogP contribution in [-0.2, 0) is 4.74 Å². The fraction of sp³-hybridized carbons (Fsp3) is 0.227. The smallest absolute Gasteiger partial charge is 0.256 e. The Balaban J connectivity index is 1.98. The van der Waals surface area contributed by atoms with Crippen molar-refractivity contribution in [3.05, 3.63) is 60.6 Å². The zero-order valence-electron chi connectivity index (χ0n) is 16.6. The van der Waals surface area contributed by atoms with E-state index in [4.69, 9.17) is 9.47 Å². The lowest BCUT2D eigenvalue weighted by Crippen LogP contribution is -2.30. The van der Waals surface area contributed by atoms with E-state index in [2.05, 4.69) is 9.97 Å². The van der Waals surface area contributed by atoms with Crippen LogP contribution in [0.5, 0.6) is 5.75 Å². The first-order chi connectivity index (χ1) is 14.2. The molecule has 0 spiro atoms. The Morgan fingerprint density at radius 2 is 1.90 bits per heavy atom. The Hall–Kier alpha value is -3.45.